The lowest BCUT2D eigenvalue weighted by Crippen LogP contribution is -2.10. The van der Waals surface area contributed by atoms with Gasteiger partial charge in [0.05, 0.1) is 0 Å². The molecule has 100 valence electrons. The maximum absolute atomic E-state index is 2.25. The first kappa shape index (κ1) is 13.7. The van der Waals surface area contributed by atoms with Crippen molar-refractivity contribution in [1.29, 1.82) is 0 Å². The number of anilines is 2. The Hall–Kier alpha value is -1.76. The fraction of sp³-hybridized carbons (Fsp3) is 0.333. The van der Waals surface area contributed by atoms with Gasteiger partial charge in [-0.25, -0.2) is 0 Å². The van der Waals surface area contributed by atoms with Crippen molar-refractivity contribution in [3.05, 3.63) is 59.7 Å². The Bertz CT molecular complexity index is 513. The highest BCUT2D eigenvalue weighted by atomic mass is 15.1. The van der Waals surface area contributed by atoms with Crippen molar-refractivity contribution in [2.24, 2.45) is 0 Å². The zero-order valence-electron chi connectivity index (χ0n) is 12.2. The van der Waals surface area contributed by atoms with Crippen LogP contribution in [0.2, 0.25) is 0 Å². The van der Waals surface area contributed by atoms with E-state index in [-0.39, 0.29) is 0 Å². The van der Waals surface area contributed by atoms with Crippen LogP contribution >= 0.6 is 0 Å². The van der Waals surface area contributed by atoms with Gasteiger partial charge in [0.1, 0.15) is 0 Å². The van der Waals surface area contributed by atoms with E-state index in [1.54, 1.807) is 0 Å². The SMILES string of the molecule is CCCCc1ccc(N(C)c2ccccc2C)cc1. The molecule has 0 radical (unpaired) electrons. The topological polar surface area (TPSA) is 3.24 Å². The van der Waals surface area contributed by atoms with E-state index in [1.165, 1.54) is 41.8 Å². The fourth-order valence-corrected chi connectivity index (χ4v) is 2.35. The van der Waals surface area contributed by atoms with Crippen LogP contribution in [0.25, 0.3) is 0 Å². The summed E-state index contributed by atoms with van der Waals surface area (Å²) in [7, 11) is 2.13. The Morgan fingerprint density at radius 3 is 2.26 bits per heavy atom. The molecule has 19 heavy (non-hydrogen) atoms. The molecule has 0 aliphatic heterocycles. The molecule has 2 rings (SSSR count). The zero-order chi connectivity index (χ0) is 13.7. The van der Waals surface area contributed by atoms with E-state index in [2.05, 4.69) is 74.3 Å². The monoisotopic (exact) mass is 253 g/mol. The predicted octanol–water partition coefficient (Wildman–Crippen LogP) is 5.11. The van der Waals surface area contributed by atoms with Crippen molar-refractivity contribution in [2.45, 2.75) is 33.1 Å². The minimum Gasteiger partial charge on any atom is -0.344 e. The third-order valence-electron chi connectivity index (χ3n) is 3.62. The van der Waals surface area contributed by atoms with Gasteiger partial charge in [0.15, 0.2) is 0 Å². The summed E-state index contributed by atoms with van der Waals surface area (Å²) in [5, 5.41) is 0. The zero-order valence-corrected chi connectivity index (χ0v) is 12.2. The molecule has 0 atom stereocenters. The van der Waals surface area contributed by atoms with Crippen molar-refractivity contribution in [1.82, 2.24) is 0 Å². The van der Waals surface area contributed by atoms with Crippen molar-refractivity contribution in [2.75, 3.05) is 11.9 Å². The van der Waals surface area contributed by atoms with Gasteiger partial charge in [-0.3, -0.25) is 0 Å². The highest BCUT2D eigenvalue weighted by Gasteiger charge is 2.05. The molecular formula is C18H23N. The van der Waals surface area contributed by atoms with E-state index < -0.39 is 0 Å². The molecule has 0 bridgehead atoms. The molecule has 0 fully saturated rings. The van der Waals surface area contributed by atoms with Crippen LogP contribution in [0.5, 0.6) is 0 Å². The maximum Gasteiger partial charge on any atom is 0.0437 e. The first-order chi connectivity index (χ1) is 9.22. The third kappa shape index (κ3) is 3.37. The predicted molar refractivity (Wildman–Crippen MR) is 84.3 cm³/mol. The second-order valence-corrected chi connectivity index (χ2v) is 5.12. The summed E-state index contributed by atoms with van der Waals surface area (Å²) in [6.45, 7) is 4.39. The Morgan fingerprint density at radius 1 is 0.947 bits per heavy atom. The molecule has 0 heterocycles. The lowest BCUT2D eigenvalue weighted by molar-refractivity contribution is 0.795. The van der Waals surface area contributed by atoms with Crippen LogP contribution in [0.4, 0.5) is 11.4 Å². The van der Waals surface area contributed by atoms with E-state index in [0.717, 1.165) is 0 Å². The first-order valence-corrected chi connectivity index (χ1v) is 7.10. The largest absolute Gasteiger partial charge is 0.344 e. The summed E-state index contributed by atoms with van der Waals surface area (Å²) in [5.41, 5.74) is 5.25. The molecule has 2 aromatic rings. The molecule has 0 saturated heterocycles. The quantitative estimate of drug-likeness (QED) is 0.716. The lowest BCUT2D eigenvalue weighted by Gasteiger charge is -2.21. The van der Waals surface area contributed by atoms with E-state index in [9.17, 15) is 0 Å². The van der Waals surface area contributed by atoms with Gasteiger partial charge in [0.2, 0.25) is 0 Å². The molecule has 0 saturated carbocycles. The highest BCUT2D eigenvalue weighted by Crippen LogP contribution is 2.26. The van der Waals surface area contributed by atoms with Crippen LogP contribution in [-0.2, 0) is 6.42 Å². The number of hydrogen-bond acceptors (Lipinski definition) is 1. The lowest BCUT2D eigenvalue weighted by atomic mass is 10.1. The van der Waals surface area contributed by atoms with Crippen LogP contribution in [0.1, 0.15) is 30.9 Å². The van der Waals surface area contributed by atoms with Gasteiger partial charge in [0, 0.05) is 18.4 Å². The molecule has 1 nitrogen and oxygen atoms in total. The number of hydrogen-bond donors (Lipinski definition) is 0. The molecular weight excluding hydrogens is 230 g/mol. The number of aryl methyl sites for hydroxylation is 2. The molecule has 0 aromatic heterocycles. The summed E-state index contributed by atoms with van der Waals surface area (Å²) in [6, 6.07) is 17.4. The summed E-state index contributed by atoms with van der Waals surface area (Å²) in [6.07, 6.45) is 3.71. The molecule has 0 aliphatic rings. The second kappa shape index (κ2) is 6.42. The molecule has 0 spiro atoms. The van der Waals surface area contributed by atoms with Gasteiger partial charge < -0.3 is 4.90 Å². The number of para-hydroxylation sites is 1. The first-order valence-electron chi connectivity index (χ1n) is 7.10. The van der Waals surface area contributed by atoms with Crippen molar-refractivity contribution >= 4 is 11.4 Å². The fourth-order valence-electron chi connectivity index (χ4n) is 2.35. The maximum atomic E-state index is 2.25. The number of benzene rings is 2. The molecule has 0 unspecified atom stereocenters. The van der Waals surface area contributed by atoms with Crippen molar-refractivity contribution in [3.8, 4) is 0 Å². The van der Waals surface area contributed by atoms with Crippen molar-refractivity contribution < 1.29 is 0 Å². The molecule has 0 amide bonds. The summed E-state index contributed by atoms with van der Waals surface area (Å²) < 4.78 is 0. The normalized spacial score (nSPS) is 10.5. The molecule has 1 heteroatoms. The van der Waals surface area contributed by atoms with Crippen LogP contribution in [0.15, 0.2) is 48.5 Å². The summed E-state index contributed by atoms with van der Waals surface area (Å²) >= 11 is 0. The minimum absolute atomic E-state index is 1.19. The van der Waals surface area contributed by atoms with Crippen LogP contribution in [0, 0.1) is 6.92 Å². The van der Waals surface area contributed by atoms with Crippen LogP contribution < -0.4 is 4.90 Å². The molecule has 0 aliphatic carbocycles. The van der Waals surface area contributed by atoms with Gasteiger partial charge in [-0.15, -0.1) is 0 Å². The van der Waals surface area contributed by atoms with Gasteiger partial charge in [-0.2, -0.15) is 0 Å². The Labute approximate surface area is 116 Å². The van der Waals surface area contributed by atoms with Crippen LogP contribution in [0.3, 0.4) is 0 Å². The smallest absolute Gasteiger partial charge is 0.0437 e. The van der Waals surface area contributed by atoms with Gasteiger partial charge in [0.25, 0.3) is 0 Å². The highest BCUT2D eigenvalue weighted by molar-refractivity contribution is 5.65. The number of nitrogens with zero attached hydrogens (tertiary/aromatic N) is 1. The molecule has 2 aromatic carbocycles. The average molecular weight is 253 g/mol. The average Bonchev–Trinajstić information content (AvgIpc) is 2.45. The number of unbranched alkanes of at least 4 members (excludes halogenated alkanes) is 1. The summed E-state index contributed by atoms with van der Waals surface area (Å²) in [5.74, 6) is 0. The van der Waals surface area contributed by atoms with E-state index in [4.69, 9.17) is 0 Å². The van der Waals surface area contributed by atoms with E-state index in [1.807, 2.05) is 0 Å². The second-order valence-electron chi connectivity index (χ2n) is 5.12. The van der Waals surface area contributed by atoms with E-state index in [0.29, 0.717) is 0 Å². The van der Waals surface area contributed by atoms with Crippen LogP contribution in [-0.4, -0.2) is 7.05 Å². The Balaban J connectivity index is 2.16. The molecule has 0 N–H and O–H groups in total. The Kier molecular flexibility index (Phi) is 4.62. The minimum atomic E-state index is 1.19. The standard InChI is InChI=1S/C18H23N/c1-4-5-9-16-11-13-17(14-12-16)19(3)18-10-7-6-8-15(18)2/h6-8,10-14H,4-5,9H2,1-3H3. The van der Waals surface area contributed by atoms with Gasteiger partial charge in [-0.1, -0.05) is 43.7 Å². The van der Waals surface area contributed by atoms with E-state index >= 15 is 0 Å². The Morgan fingerprint density at radius 2 is 1.63 bits per heavy atom. The summed E-state index contributed by atoms with van der Waals surface area (Å²) in [4.78, 5) is 2.25. The van der Waals surface area contributed by atoms with Crippen molar-refractivity contribution in [3.63, 3.8) is 0 Å². The van der Waals surface area contributed by atoms with Gasteiger partial charge >= 0.3 is 0 Å². The third-order valence-corrected chi connectivity index (χ3v) is 3.62. The number of rotatable bonds is 5. The van der Waals surface area contributed by atoms with Gasteiger partial charge in [-0.05, 0) is 49.1 Å².